The Hall–Kier alpha value is -3.02. The predicted octanol–water partition coefficient (Wildman–Crippen LogP) is 3.88. The lowest BCUT2D eigenvalue weighted by atomic mass is 10.1. The van der Waals surface area contributed by atoms with Gasteiger partial charge >= 0.3 is 0 Å². The van der Waals surface area contributed by atoms with Crippen molar-refractivity contribution in [1.82, 2.24) is 14.9 Å². The molecule has 3 aromatic rings. The average Bonchev–Trinajstić information content (AvgIpc) is 3.38. The molecule has 0 saturated carbocycles. The topological polar surface area (TPSA) is 67.5 Å². The van der Waals surface area contributed by atoms with Crippen LogP contribution in [0.4, 0.5) is 0 Å². The number of likely N-dealkylation sites (tertiary alicyclic amines) is 1. The van der Waals surface area contributed by atoms with Crippen LogP contribution in [0.2, 0.25) is 0 Å². The third kappa shape index (κ3) is 3.54. The van der Waals surface area contributed by atoms with Gasteiger partial charge in [0.25, 0.3) is 0 Å². The van der Waals surface area contributed by atoms with Gasteiger partial charge in [-0.3, -0.25) is 4.79 Å². The number of fused-ring (bicyclic) bond motifs is 1. The van der Waals surface area contributed by atoms with Gasteiger partial charge in [-0.15, -0.1) is 0 Å². The number of nitrogens with zero attached hydrogens (tertiary/aromatic N) is 2. The maximum atomic E-state index is 13.0. The zero-order valence-electron chi connectivity index (χ0n) is 16.3. The van der Waals surface area contributed by atoms with Crippen molar-refractivity contribution in [2.24, 2.45) is 0 Å². The molecule has 1 N–H and O–H groups in total. The molecule has 2 aromatic carbocycles. The van der Waals surface area contributed by atoms with Crippen molar-refractivity contribution in [3.05, 3.63) is 53.9 Å². The van der Waals surface area contributed by atoms with Crippen LogP contribution in [0.5, 0.6) is 11.5 Å². The van der Waals surface area contributed by atoms with E-state index in [9.17, 15) is 4.79 Å². The molecule has 0 bridgehead atoms. The molecule has 2 heterocycles. The number of hydrogen-bond acceptors (Lipinski definition) is 4. The number of methoxy groups -OCH3 is 2. The lowest BCUT2D eigenvalue weighted by molar-refractivity contribution is -0.132. The van der Waals surface area contributed by atoms with E-state index in [0.29, 0.717) is 12.8 Å². The van der Waals surface area contributed by atoms with Gasteiger partial charge in [-0.2, -0.15) is 0 Å². The summed E-state index contributed by atoms with van der Waals surface area (Å²) in [5, 5.41) is 0. The highest BCUT2D eigenvalue weighted by Crippen LogP contribution is 2.32. The maximum Gasteiger partial charge on any atom is 0.223 e. The lowest BCUT2D eigenvalue weighted by Gasteiger charge is -2.23. The van der Waals surface area contributed by atoms with Crippen molar-refractivity contribution in [1.29, 1.82) is 0 Å². The monoisotopic (exact) mass is 379 g/mol. The summed E-state index contributed by atoms with van der Waals surface area (Å²) in [6, 6.07) is 13.7. The van der Waals surface area contributed by atoms with E-state index in [0.717, 1.165) is 53.3 Å². The Bertz CT molecular complexity index is 949. The third-order valence-electron chi connectivity index (χ3n) is 5.39. The van der Waals surface area contributed by atoms with Crippen molar-refractivity contribution in [2.75, 3.05) is 20.8 Å². The second-order valence-electron chi connectivity index (χ2n) is 7.06. The number of hydrogen-bond donors (Lipinski definition) is 1. The minimum Gasteiger partial charge on any atom is -0.497 e. The molecule has 1 aliphatic heterocycles. The first-order valence-electron chi connectivity index (χ1n) is 9.64. The van der Waals surface area contributed by atoms with Crippen molar-refractivity contribution in [3.63, 3.8) is 0 Å². The first kappa shape index (κ1) is 18.3. The molecular formula is C22H25N3O3. The standard InChI is InChI=1S/C22H25N3O3/c1-27-16-10-11-20(28-2)15(14-16)9-12-21(26)25-13-5-8-19(25)22-23-17-6-3-4-7-18(17)24-22/h3-4,6-7,10-11,14,19H,5,8-9,12-13H2,1-2H3,(H,23,24). The van der Waals surface area contributed by atoms with E-state index in [4.69, 9.17) is 14.5 Å². The van der Waals surface area contributed by atoms with Crippen molar-refractivity contribution in [2.45, 2.75) is 31.7 Å². The summed E-state index contributed by atoms with van der Waals surface area (Å²) < 4.78 is 10.7. The first-order valence-corrected chi connectivity index (χ1v) is 9.64. The van der Waals surface area contributed by atoms with Crippen LogP contribution >= 0.6 is 0 Å². The van der Waals surface area contributed by atoms with E-state index < -0.39 is 0 Å². The van der Waals surface area contributed by atoms with Gasteiger partial charge in [0.05, 0.1) is 31.3 Å². The molecule has 1 fully saturated rings. The zero-order valence-corrected chi connectivity index (χ0v) is 16.3. The number of aryl methyl sites for hydroxylation is 1. The van der Waals surface area contributed by atoms with E-state index in [1.165, 1.54) is 0 Å². The van der Waals surface area contributed by atoms with Crippen molar-refractivity contribution >= 4 is 16.9 Å². The Balaban J connectivity index is 1.48. The SMILES string of the molecule is COc1ccc(OC)c(CCC(=O)N2CCCC2c2nc3ccccc3[nH]2)c1. The number of H-pyrrole nitrogens is 1. The fourth-order valence-corrected chi connectivity index (χ4v) is 3.94. The summed E-state index contributed by atoms with van der Waals surface area (Å²) in [4.78, 5) is 23.0. The number of carbonyl (C=O) groups is 1. The summed E-state index contributed by atoms with van der Waals surface area (Å²) in [5.41, 5.74) is 2.94. The molecule has 6 nitrogen and oxygen atoms in total. The van der Waals surface area contributed by atoms with Gasteiger partial charge in [0.2, 0.25) is 5.91 Å². The summed E-state index contributed by atoms with van der Waals surface area (Å²) in [6.07, 6.45) is 2.98. The number of rotatable bonds is 6. The number of nitrogens with one attached hydrogen (secondary N) is 1. The van der Waals surface area contributed by atoms with Gasteiger partial charge in [0, 0.05) is 13.0 Å². The molecule has 1 unspecified atom stereocenters. The number of amides is 1. The highest BCUT2D eigenvalue weighted by molar-refractivity contribution is 5.78. The summed E-state index contributed by atoms with van der Waals surface area (Å²) >= 11 is 0. The summed E-state index contributed by atoms with van der Waals surface area (Å²) in [7, 11) is 3.28. The van der Waals surface area contributed by atoms with Gasteiger partial charge in [0.15, 0.2) is 0 Å². The van der Waals surface area contributed by atoms with Crippen LogP contribution in [0.15, 0.2) is 42.5 Å². The van der Waals surface area contributed by atoms with Crippen molar-refractivity contribution < 1.29 is 14.3 Å². The fraction of sp³-hybridized carbons (Fsp3) is 0.364. The number of carbonyl (C=O) groups excluding carboxylic acids is 1. The Morgan fingerprint density at radius 2 is 2.07 bits per heavy atom. The van der Waals surface area contributed by atoms with E-state index >= 15 is 0 Å². The minimum atomic E-state index is 0.0205. The maximum absolute atomic E-state index is 13.0. The Morgan fingerprint density at radius 1 is 1.21 bits per heavy atom. The molecule has 6 heteroatoms. The van der Waals surface area contributed by atoms with Crippen LogP contribution in [-0.4, -0.2) is 41.5 Å². The molecular weight excluding hydrogens is 354 g/mol. The number of benzene rings is 2. The van der Waals surface area contributed by atoms with E-state index in [1.807, 2.05) is 47.4 Å². The largest absolute Gasteiger partial charge is 0.497 e. The van der Waals surface area contributed by atoms with Crippen LogP contribution in [0.3, 0.4) is 0 Å². The van der Waals surface area contributed by atoms with E-state index in [2.05, 4.69) is 4.98 Å². The van der Waals surface area contributed by atoms with Crippen LogP contribution in [-0.2, 0) is 11.2 Å². The van der Waals surface area contributed by atoms with Crippen LogP contribution in [0.1, 0.15) is 36.7 Å². The van der Waals surface area contributed by atoms with Gasteiger partial charge in [-0.25, -0.2) is 4.98 Å². The molecule has 146 valence electrons. The molecule has 0 aliphatic carbocycles. The second kappa shape index (κ2) is 7.92. The Kier molecular flexibility index (Phi) is 5.19. The van der Waals surface area contributed by atoms with Gasteiger partial charge in [-0.1, -0.05) is 12.1 Å². The normalized spacial score (nSPS) is 16.5. The molecule has 4 rings (SSSR count). The molecule has 1 aromatic heterocycles. The van der Waals surface area contributed by atoms with Crippen LogP contribution in [0, 0.1) is 0 Å². The quantitative estimate of drug-likeness (QED) is 0.706. The third-order valence-corrected chi connectivity index (χ3v) is 5.39. The highest BCUT2D eigenvalue weighted by Gasteiger charge is 2.31. The fourth-order valence-electron chi connectivity index (χ4n) is 3.94. The number of aromatic nitrogens is 2. The van der Waals surface area contributed by atoms with E-state index in [1.54, 1.807) is 14.2 Å². The van der Waals surface area contributed by atoms with Crippen LogP contribution in [0.25, 0.3) is 11.0 Å². The number of ether oxygens (including phenoxy) is 2. The highest BCUT2D eigenvalue weighted by atomic mass is 16.5. The summed E-state index contributed by atoms with van der Waals surface area (Å²) in [6.45, 7) is 0.774. The van der Waals surface area contributed by atoms with Crippen LogP contribution < -0.4 is 9.47 Å². The molecule has 0 spiro atoms. The number of aromatic amines is 1. The Labute approximate surface area is 164 Å². The second-order valence-corrected chi connectivity index (χ2v) is 7.06. The smallest absolute Gasteiger partial charge is 0.223 e. The van der Waals surface area contributed by atoms with Crippen molar-refractivity contribution in [3.8, 4) is 11.5 Å². The minimum absolute atomic E-state index is 0.0205. The van der Waals surface area contributed by atoms with Gasteiger partial charge < -0.3 is 19.4 Å². The number of para-hydroxylation sites is 2. The number of imidazole rings is 1. The van der Waals surface area contributed by atoms with Gasteiger partial charge in [-0.05, 0) is 55.2 Å². The summed E-state index contributed by atoms with van der Waals surface area (Å²) in [5.74, 6) is 2.58. The molecule has 1 saturated heterocycles. The van der Waals surface area contributed by atoms with Gasteiger partial charge in [0.1, 0.15) is 17.3 Å². The molecule has 0 radical (unpaired) electrons. The Morgan fingerprint density at radius 3 is 2.86 bits per heavy atom. The predicted molar refractivity (Wildman–Crippen MR) is 108 cm³/mol. The average molecular weight is 379 g/mol. The first-order chi connectivity index (χ1) is 13.7. The lowest BCUT2D eigenvalue weighted by Crippen LogP contribution is -2.31. The molecule has 1 aliphatic rings. The molecule has 1 amide bonds. The molecule has 28 heavy (non-hydrogen) atoms. The zero-order chi connectivity index (χ0) is 19.5. The van der Waals surface area contributed by atoms with E-state index in [-0.39, 0.29) is 11.9 Å². The molecule has 1 atom stereocenters.